The van der Waals surface area contributed by atoms with Gasteiger partial charge in [0, 0.05) is 35.2 Å². The van der Waals surface area contributed by atoms with E-state index in [-0.39, 0.29) is 30.4 Å². The molecule has 122 valence electrons. The van der Waals surface area contributed by atoms with Crippen LogP contribution in [0.4, 0.5) is 0 Å². The average Bonchev–Trinajstić information content (AvgIpc) is 2.49. The van der Waals surface area contributed by atoms with Crippen LogP contribution in [0.25, 0.3) is 0 Å². The number of amides is 1. The van der Waals surface area contributed by atoms with Crippen LogP contribution in [0.2, 0.25) is 10.0 Å². The van der Waals surface area contributed by atoms with Crippen LogP contribution in [0.5, 0.6) is 0 Å². The van der Waals surface area contributed by atoms with E-state index in [4.69, 9.17) is 23.2 Å². The predicted molar refractivity (Wildman–Crippen MR) is 90.3 cm³/mol. The molecule has 1 fully saturated rings. The molecule has 1 aliphatic heterocycles. The summed E-state index contributed by atoms with van der Waals surface area (Å²) in [5, 5.41) is 10.5. The number of rotatable bonds is 4. The van der Waals surface area contributed by atoms with Crippen molar-refractivity contribution in [1.29, 1.82) is 0 Å². The maximum Gasteiger partial charge on any atom is 0.225 e. The summed E-state index contributed by atoms with van der Waals surface area (Å²) < 4.78 is 0. The molecule has 0 aliphatic carbocycles. The quantitative estimate of drug-likeness (QED) is 0.903. The lowest BCUT2D eigenvalue weighted by molar-refractivity contribution is -0.139. The maximum absolute atomic E-state index is 12.7. The van der Waals surface area contributed by atoms with E-state index in [9.17, 15) is 9.90 Å². The smallest absolute Gasteiger partial charge is 0.225 e. The molecule has 2 rings (SSSR count). The van der Waals surface area contributed by atoms with Gasteiger partial charge in [0.1, 0.15) is 0 Å². The molecule has 0 bridgehead atoms. The molecule has 0 aromatic heterocycles. The number of likely N-dealkylation sites (tertiary alicyclic amines) is 1. The molecule has 3 atom stereocenters. The molecule has 1 aromatic rings. The van der Waals surface area contributed by atoms with Crippen molar-refractivity contribution in [3.05, 3.63) is 33.8 Å². The first-order valence-corrected chi connectivity index (χ1v) is 8.53. The number of halogens is 2. The van der Waals surface area contributed by atoms with E-state index in [1.165, 1.54) is 0 Å². The highest BCUT2D eigenvalue weighted by molar-refractivity contribution is 6.35. The van der Waals surface area contributed by atoms with Crippen molar-refractivity contribution in [2.75, 3.05) is 13.2 Å². The van der Waals surface area contributed by atoms with Gasteiger partial charge < -0.3 is 10.0 Å². The third-order valence-corrected chi connectivity index (χ3v) is 5.07. The molecule has 1 saturated heterocycles. The van der Waals surface area contributed by atoms with Gasteiger partial charge in [-0.2, -0.15) is 0 Å². The van der Waals surface area contributed by atoms with Crippen LogP contribution < -0.4 is 0 Å². The number of carbonyl (C=O) groups is 1. The second-order valence-electron chi connectivity index (χ2n) is 6.31. The van der Waals surface area contributed by atoms with Gasteiger partial charge >= 0.3 is 0 Å². The van der Waals surface area contributed by atoms with Crippen molar-refractivity contribution in [2.45, 2.75) is 39.2 Å². The van der Waals surface area contributed by atoms with Crippen LogP contribution in [0.15, 0.2) is 18.2 Å². The Hall–Kier alpha value is -0.770. The molecule has 1 aliphatic rings. The SMILES string of the molecule is CC(Cc1ccc(Cl)cc1Cl)C(=O)N1CC(CO)CCC1C. The molecule has 5 heteroatoms. The number of benzene rings is 1. The van der Waals surface area contributed by atoms with Gasteiger partial charge in [-0.15, -0.1) is 0 Å². The molecule has 1 N–H and O–H groups in total. The van der Waals surface area contributed by atoms with Crippen LogP contribution in [-0.4, -0.2) is 35.1 Å². The first-order valence-electron chi connectivity index (χ1n) is 7.77. The first-order chi connectivity index (χ1) is 10.4. The number of hydrogen-bond acceptors (Lipinski definition) is 2. The van der Waals surface area contributed by atoms with Crippen molar-refractivity contribution < 1.29 is 9.90 Å². The predicted octanol–water partition coefficient (Wildman–Crippen LogP) is 3.79. The van der Waals surface area contributed by atoms with Gasteiger partial charge in [-0.05, 0) is 49.8 Å². The summed E-state index contributed by atoms with van der Waals surface area (Å²) in [7, 11) is 0. The highest BCUT2D eigenvalue weighted by atomic mass is 35.5. The monoisotopic (exact) mass is 343 g/mol. The minimum absolute atomic E-state index is 0.136. The largest absolute Gasteiger partial charge is 0.396 e. The van der Waals surface area contributed by atoms with Crippen molar-refractivity contribution in [2.24, 2.45) is 11.8 Å². The van der Waals surface area contributed by atoms with Gasteiger partial charge in [0.25, 0.3) is 0 Å². The second-order valence-corrected chi connectivity index (χ2v) is 7.15. The maximum atomic E-state index is 12.7. The lowest BCUT2D eigenvalue weighted by Crippen LogP contribution is -2.48. The van der Waals surface area contributed by atoms with E-state index in [1.807, 2.05) is 17.9 Å². The van der Waals surface area contributed by atoms with Gasteiger partial charge in [-0.3, -0.25) is 4.79 Å². The van der Waals surface area contributed by atoms with E-state index in [0.717, 1.165) is 18.4 Å². The zero-order chi connectivity index (χ0) is 16.3. The van der Waals surface area contributed by atoms with Crippen LogP contribution >= 0.6 is 23.2 Å². The minimum atomic E-state index is -0.140. The van der Waals surface area contributed by atoms with Gasteiger partial charge in [0.15, 0.2) is 0 Å². The average molecular weight is 344 g/mol. The molecule has 1 aromatic carbocycles. The summed E-state index contributed by atoms with van der Waals surface area (Å²) in [6.07, 6.45) is 2.53. The standard InChI is InChI=1S/C17H23Cl2NO2/c1-11(7-14-5-6-15(18)8-16(14)19)17(22)20-9-13(10-21)4-3-12(20)2/h5-6,8,11-13,21H,3-4,7,9-10H2,1-2H3. The van der Waals surface area contributed by atoms with Crippen LogP contribution in [0.3, 0.4) is 0 Å². The van der Waals surface area contributed by atoms with Gasteiger partial charge in [-0.1, -0.05) is 36.2 Å². The molecule has 22 heavy (non-hydrogen) atoms. The molecule has 0 radical (unpaired) electrons. The molecule has 3 nitrogen and oxygen atoms in total. The fraction of sp³-hybridized carbons (Fsp3) is 0.588. The molecular weight excluding hydrogens is 321 g/mol. The van der Waals surface area contributed by atoms with Gasteiger partial charge in [-0.25, -0.2) is 0 Å². The van der Waals surface area contributed by atoms with Crippen LogP contribution in [-0.2, 0) is 11.2 Å². The van der Waals surface area contributed by atoms with E-state index in [2.05, 4.69) is 6.92 Å². The third-order valence-electron chi connectivity index (χ3n) is 4.48. The zero-order valence-corrected chi connectivity index (χ0v) is 14.6. The molecule has 1 heterocycles. The van der Waals surface area contributed by atoms with Gasteiger partial charge in [0.2, 0.25) is 5.91 Å². The molecule has 3 unspecified atom stereocenters. The molecule has 1 amide bonds. The van der Waals surface area contributed by atoms with Crippen molar-refractivity contribution >= 4 is 29.1 Å². The summed E-state index contributed by atoms with van der Waals surface area (Å²) in [6.45, 7) is 4.80. The number of piperidine rings is 1. The van der Waals surface area contributed by atoms with E-state index < -0.39 is 0 Å². The summed E-state index contributed by atoms with van der Waals surface area (Å²) >= 11 is 12.1. The summed E-state index contributed by atoms with van der Waals surface area (Å²) in [4.78, 5) is 14.6. The Morgan fingerprint density at radius 2 is 2.14 bits per heavy atom. The first kappa shape index (κ1) is 17.6. The number of aliphatic hydroxyl groups is 1. The molecule has 0 saturated carbocycles. The second kappa shape index (κ2) is 7.67. The summed E-state index contributed by atoms with van der Waals surface area (Å²) in [5.74, 6) is 0.196. The van der Waals surface area contributed by atoms with Crippen molar-refractivity contribution in [3.8, 4) is 0 Å². The Bertz CT molecular complexity index is 535. The Morgan fingerprint density at radius 3 is 2.77 bits per heavy atom. The zero-order valence-electron chi connectivity index (χ0n) is 13.1. The minimum Gasteiger partial charge on any atom is -0.396 e. The fourth-order valence-electron chi connectivity index (χ4n) is 3.03. The Kier molecular flexibility index (Phi) is 6.13. The molecule has 0 spiro atoms. The van der Waals surface area contributed by atoms with Crippen LogP contribution in [0.1, 0.15) is 32.3 Å². The third kappa shape index (κ3) is 4.15. The van der Waals surface area contributed by atoms with E-state index in [1.54, 1.807) is 12.1 Å². The lowest BCUT2D eigenvalue weighted by atomic mass is 9.91. The number of hydrogen-bond donors (Lipinski definition) is 1. The Balaban J connectivity index is 2.04. The van der Waals surface area contributed by atoms with Crippen molar-refractivity contribution in [1.82, 2.24) is 4.90 Å². The topological polar surface area (TPSA) is 40.5 Å². The summed E-state index contributed by atoms with van der Waals surface area (Å²) in [6, 6.07) is 5.62. The van der Waals surface area contributed by atoms with Crippen LogP contribution in [0, 0.1) is 11.8 Å². The van der Waals surface area contributed by atoms with E-state index in [0.29, 0.717) is 23.0 Å². The molecular formula is C17H23Cl2NO2. The Morgan fingerprint density at radius 1 is 1.41 bits per heavy atom. The highest BCUT2D eigenvalue weighted by Crippen LogP contribution is 2.27. The number of aliphatic hydroxyl groups excluding tert-OH is 1. The normalized spacial score (nSPS) is 23.4. The van der Waals surface area contributed by atoms with Crippen molar-refractivity contribution in [3.63, 3.8) is 0 Å². The Labute approximate surface area is 142 Å². The summed E-state index contributed by atoms with van der Waals surface area (Å²) in [5.41, 5.74) is 0.940. The van der Waals surface area contributed by atoms with Gasteiger partial charge in [0.05, 0.1) is 0 Å². The fourth-order valence-corrected chi connectivity index (χ4v) is 3.51. The number of nitrogens with zero attached hydrogens (tertiary/aromatic N) is 1. The number of carbonyl (C=O) groups excluding carboxylic acids is 1. The highest BCUT2D eigenvalue weighted by Gasteiger charge is 2.31. The van der Waals surface area contributed by atoms with E-state index >= 15 is 0 Å². The lowest BCUT2D eigenvalue weighted by Gasteiger charge is -2.39.